The van der Waals surface area contributed by atoms with Crippen LogP contribution >= 0.6 is 11.6 Å². The number of nitrogens with zero attached hydrogens (tertiary/aromatic N) is 7. The van der Waals surface area contributed by atoms with Crippen LogP contribution in [-0.2, 0) is 32.6 Å². The fraction of sp³-hybridized carbons (Fsp3) is 0.324. The number of rotatable bonds is 8. The molecule has 5 heterocycles. The SMILES string of the molecule is C=Cc1ncc2n1CCN(c1nc(OC[C@@H]3CCCN3Cc3ccccc3)nc3c1CCN(c1cccc4cccc(Cl)c14)C3)C2. The van der Waals surface area contributed by atoms with Gasteiger partial charge < -0.3 is 19.1 Å². The minimum absolute atomic E-state index is 0.333. The summed E-state index contributed by atoms with van der Waals surface area (Å²) < 4.78 is 8.77. The van der Waals surface area contributed by atoms with E-state index in [2.05, 4.69) is 85.4 Å². The lowest BCUT2D eigenvalue weighted by atomic mass is 10.0. The summed E-state index contributed by atoms with van der Waals surface area (Å²) in [5.74, 6) is 1.90. The highest BCUT2D eigenvalue weighted by Gasteiger charge is 2.30. The Morgan fingerprint density at radius 2 is 1.78 bits per heavy atom. The minimum atomic E-state index is 0.333. The summed E-state index contributed by atoms with van der Waals surface area (Å²) in [6, 6.07) is 24.0. The molecule has 1 fully saturated rings. The Bertz CT molecular complexity index is 1890. The lowest BCUT2D eigenvalue weighted by Crippen LogP contribution is -2.38. The summed E-state index contributed by atoms with van der Waals surface area (Å²) in [4.78, 5) is 22.1. The number of hydrogen-bond donors (Lipinski definition) is 0. The standard InChI is InChI=1S/C37H38ClN7O/c1-2-34-39-21-29-23-44(19-20-45(29)34)36-30-16-18-43(33-15-7-12-27-11-6-14-31(38)35(27)33)24-32(30)40-37(41-36)46-25-28-13-8-17-42(28)22-26-9-4-3-5-10-26/h2-7,9-12,14-15,21,28H,1,8,13,16-20,22-25H2/t28-/m0/s1. The van der Waals surface area contributed by atoms with E-state index in [1.165, 1.54) is 23.2 Å². The molecule has 8 nitrogen and oxygen atoms in total. The van der Waals surface area contributed by atoms with Gasteiger partial charge in [-0.3, -0.25) is 4.90 Å². The van der Waals surface area contributed by atoms with Crippen molar-refractivity contribution in [1.82, 2.24) is 24.4 Å². The van der Waals surface area contributed by atoms with Gasteiger partial charge in [0.1, 0.15) is 18.2 Å². The quantitative estimate of drug-likeness (QED) is 0.188. The molecular formula is C37H38ClN7O. The van der Waals surface area contributed by atoms with E-state index < -0.39 is 0 Å². The first-order chi connectivity index (χ1) is 22.6. The van der Waals surface area contributed by atoms with Crippen molar-refractivity contribution >= 4 is 40.0 Å². The van der Waals surface area contributed by atoms with Crippen LogP contribution in [0.5, 0.6) is 6.01 Å². The van der Waals surface area contributed by atoms with E-state index in [9.17, 15) is 0 Å². The molecule has 5 aromatic rings. The summed E-state index contributed by atoms with van der Waals surface area (Å²) in [7, 11) is 0. The highest BCUT2D eigenvalue weighted by Crippen LogP contribution is 2.37. The second-order valence-corrected chi connectivity index (χ2v) is 12.9. The molecule has 1 saturated heterocycles. The summed E-state index contributed by atoms with van der Waals surface area (Å²) in [5, 5.41) is 3.00. The molecule has 0 radical (unpaired) electrons. The number of ether oxygens (including phenoxy) is 1. The zero-order chi connectivity index (χ0) is 31.0. The van der Waals surface area contributed by atoms with E-state index in [0.29, 0.717) is 25.2 Å². The number of anilines is 2. The first kappa shape index (κ1) is 29.0. The number of benzene rings is 3. The molecule has 234 valence electrons. The molecule has 0 aliphatic carbocycles. The van der Waals surface area contributed by atoms with Crippen molar-refractivity contribution in [2.24, 2.45) is 0 Å². The molecule has 1 atom stereocenters. The van der Waals surface area contributed by atoms with E-state index >= 15 is 0 Å². The van der Waals surface area contributed by atoms with Crippen molar-refractivity contribution < 1.29 is 4.74 Å². The molecule has 0 saturated carbocycles. The molecule has 0 unspecified atom stereocenters. The molecule has 9 heteroatoms. The average Bonchev–Trinajstić information content (AvgIpc) is 3.73. The fourth-order valence-electron chi connectivity index (χ4n) is 7.39. The van der Waals surface area contributed by atoms with Crippen molar-refractivity contribution in [2.45, 2.75) is 51.5 Å². The molecule has 2 aromatic heterocycles. The van der Waals surface area contributed by atoms with Crippen molar-refractivity contribution in [2.75, 3.05) is 36.0 Å². The monoisotopic (exact) mass is 631 g/mol. The van der Waals surface area contributed by atoms with E-state index in [0.717, 1.165) is 90.9 Å². The Morgan fingerprint density at radius 3 is 2.65 bits per heavy atom. The van der Waals surface area contributed by atoms with Gasteiger partial charge in [0, 0.05) is 48.9 Å². The zero-order valence-electron chi connectivity index (χ0n) is 26.0. The number of hydrogen-bond acceptors (Lipinski definition) is 7. The van der Waals surface area contributed by atoms with Crippen LogP contribution in [0.3, 0.4) is 0 Å². The van der Waals surface area contributed by atoms with Gasteiger partial charge in [-0.25, -0.2) is 4.98 Å². The van der Waals surface area contributed by atoms with Gasteiger partial charge in [-0.1, -0.05) is 72.8 Å². The van der Waals surface area contributed by atoms with Crippen molar-refractivity contribution in [1.29, 1.82) is 0 Å². The third-order valence-electron chi connectivity index (χ3n) is 9.73. The Balaban J connectivity index is 1.10. The number of likely N-dealkylation sites (tertiary alicyclic amines) is 1. The van der Waals surface area contributed by atoms with E-state index in [1.807, 2.05) is 24.4 Å². The first-order valence-corrected chi connectivity index (χ1v) is 16.7. The van der Waals surface area contributed by atoms with Crippen LogP contribution in [0.25, 0.3) is 16.8 Å². The number of imidazole rings is 1. The Morgan fingerprint density at radius 1 is 0.913 bits per heavy atom. The lowest BCUT2D eigenvalue weighted by molar-refractivity contribution is 0.159. The smallest absolute Gasteiger partial charge is 0.318 e. The van der Waals surface area contributed by atoms with Crippen LogP contribution in [0.15, 0.2) is 79.5 Å². The summed E-state index contributed by atoms with van der Waals surface area (Å²) >= 11 is 6.76. The topological polar surface area (TPSA) is 62.6 Å². The second kappa shape index (κ2) is 12.4. The summed E-state index contributed by atoms with van der Waals surface area (Å²) in [6.45, 7) is 10.5. The second-order valence-electron chi connectivity index (χ2n) is 12.5. The highest BCUT2D eigenvalue weighted by molar-refractivity contribution is 6.36. The number of fused-ring (bicyclic) bond motifs is 3. The van der Waals surface area contributed by atoms with Gasteiger partial charge in [-0.05, 0) is 55.0 Å². The predicted molar refractivity (Wildman–Crippen MR) is 184 cm³/mol. The number of halogens is 1. The zero-order valence-corrected chi connectivity index (χ0v) is 26.7. The summed E-state index contributed by atoms with van der Waals surface area (Å²) in [6.07, 6.45) is 6.92. The maximum absolute atomic E-state index is 6.76. The number of aromatic nitrogens is 4. The van der Waals surface area contributed by atoms with Crippen LogP contribution in [0, 0.1) is 0 Å². The molecule has 3 aliphatic rings. The van der Waals surface area contributed by atoms with Crippen LogP contribution in [0.2, 0.25) is 5.02 Å². The third-order valence-corrected chi connectivity index (χ3v) is 10.0. The Kier molecular flexibility index (Phi) is 7.84. The molecule has 46 heavy (non-hydrogen) atoms. The van der Waals surface area contributed by atoms with E-state index in [-0.39, 0.29) is 0 Å². The molecule has 3 aliphatic heterocycles. The average molecular weight is 632 g/mol. The highest BCUT2D eigenvalue weighted by atomic mass is 35.5. The Labute approximate surface area is 274 Å². The van der Waals surface area contributed by atoms with Crippen LogP contribution in [-0.4, -0.2) is 56.7 Å². The molecule has 0 bridgehead atoms. The van der Waals surface area contributed by atoms with Gasteiger partial charge in [0.05, 0.1) is 35.7 Å². The maximum atomic E-state index is 6.76. The molecule has 0 amide bonds. The van der Waals surface area contributed by atoms with Gasteiger partial charge >= 0.3 is 6.01 Å². The maximum Gasteiger partial charge on any atom is 0.318 e. The third kappa shape index (κ3) is 5.50. The molecule has 0 N–H and O–H groups in total. The van der Waals surface area contributed by atoms with E-state index in [4.69, 9.17) is 26.3 Å². The molecule has 8 rings (SSSR count). The van der Waals surface area contributed by atoms with Crippen molar-refractivity contribution in [3.05, 3.63) is 113 Å². The van der Waals surface area contributed by atoms with Gasteiger partial charge in [0.15, 0.2) is 0 Å². The minimum Gasteiger partial charge on any atom is -0.462 e. The lowest BCUT2D eigenvalue weighted by Gasteiger charge is -2.36. The molecule has 3 aromatic carbocycles. The molecular weight excluding hydrogens is 594 g/mol. The Hall–Kier alpha value is -4.40. The summed E-state index contributed by atoms with van der Waals surface area (Å²) in [5.41, 5.74) is 5.87. The van der Waals surface area contributed by atoms with Crippen LogP contribution in [0.1, 0.15) is 41.2 Å². The normalized spacial score (nSPS) is 18.1. The van der Waals surface area contributed by atoms with Gasteiger partial charge in [0.2, 0.25) is 0 Å². The van der Waals surface area contributed by atoms with E-state index in [1.54, 1.807) is 0 Å². The van der Waals surface area contributed by atoms with Gasteiger partial charge in [-0.15, -0.1) is 0 Å². The van der Waals surface area contributed by atoms with Crippen molar-refractivity contribution in [3.8, 4) is 6.01 Å². The van der Waals surface area contributed by atoms with Crippen LogP contribution < -0.4 is 14.5 Å². The molecule has 0 spiro atoms. The largest absolute Gasteiger partial charge is 0.462 e. The van der Waals surface area contributed by atoms with Gasteiger partial charge in [0.25, 0.3) is 0 Å². The first-order valence-electron chi connectivity index (χ1n) is 16.3. The van der Waals surface area contributed by atoms with Gasteiger partial charge in [-0.2, -0.15) is 9.97 Å². The van der Waals surface area contributed by atoms with Crippen LogP contribution in [0.4, 0.5) is 11.5 Å². The van der Waals surface area contributed by atoms with Crippen molar-refractivity contribution in [3.63, 3.8) is 0 Å². The fourth-order valence-corrected chi connectivity index (χ4v) is 7.67. The predicted octanol–water partition coefficient (Wildman–Crippen LogP) is 6.75.